The first-order valence-corrected chi connectivity index (χ1v) is 5.40. The largest absolute Gasteiger partial charge is 0.370 e. The van der Waals surface area contributed by atoms with Crippen LogP contribution in [0.3, 0.4) is 0 Å². The molecule has 1 saturated heterocycles. The zero-order chi connectivity index (χ0) is 10.8. The van der Waals surface area contributed by atoms with Crippen LogP contribution in [0.1, 0.15) is 33.6 Å². The van der Waals surface area contributed by atoms with Gasteiger partial charge in [0.1, 0.15) is 0 Å². The van der Waals surface area contributed by atoms with E-state index in [1.807, 2.05) is 0 Å². The lowest BCUT2D eigenvalue weighted by atomic mass is 9.69. The number of carbonyl (C=O) groups is 1. The van der Waals surface area contributed by atoms with Gasteiger partial charge in [-0.05, 0) is 36.8 Å². The summed E-state index contributed by atoms with van der Waals surface area (Å²) in [5.41, 5.74) is 5.53. The second-order valence-corrected chi connectivity index (χ2v) is 5.40. The van der Waals surface area contributed by atoms with Gasteiger partial charge < -0.3 is 11.1 Å². The normalized spacial score (nSPS) is 28.8. The highest BCUT2D eigenvalue weighted by molar-refractivity contribution is 5.74. The fraction of sp³-hybridized carbons (Fsp3) is 0.909. The van der Waals surface area contributed by atoms with Crippen LogP contribution >= 0.6 is 0 Å². The molecule has 1 rings (SSSR count). The van der Waals surface area contributed by atoms with Crippen molar-refractivity contribution >= 4 is 5.91 Å². The van der Waals surface area contributed by atoms with Gasteiger partial charge in [0.2, 0.25) is 5.91 Å². The van der Waals surface area contributed by atoms with Crippen LogP contribution in [-0.4, -0.2) is 19.0 Å². The molecule has 3 heteroatoms. The van der Waals surface area contributed by atoms with E-state index in [4.69, 9.17) is 5.73 Å². The summed E-state index contributed by atoms with van der Waals surface area (Å²) in [6, 6.07) is 0. The molecule has 0 aromatic heterocycles. The molecular weight excluding hydrogens is 176 g/mol. The summed E-state index contributed by atoms with van der Waals surface area (Å²) >= 11 is 0. The molecule has 0 bridgehead atoms. The molecule has 3 N–H and O–H groups in total. The zero-order valence-corrected chi connectivity index (χ0v) is 9.47. The van der Waals surface area contributed by atoms with Crippen LogP contribution in [0.25, 0.3) is 0 Å². The number of hydrogen-bond acceptors (Lipinski definition) is 2. The minimum Gasteiger partial charge on any atom is -0.370 e. The average molecular weight is 198 g/mol. The van der Waals surface area contributed by atoms with Gasteiger partial charge in [0.25, 0.3) is 0 Å². The van der Waals surface area contributed by atoms with E-state index in [1.54, 1.807) is 0 Å². The number of carbonyl (C=O) groups excluding carboxylic acids is 1. The van der Waals surface area contributed by atoms with Gasteiger partial charge in [0.05, 0.1) is 0 Å². The molecule has 0 radical (unpaired) electrons. The Bertz CT molecular complexity index is 208. The molecule has 0 unspecified atom stereocenters. The Balaban J connectivity index is 2.64. The third-order valence-electron chi connectivity index (χ3n) is 3.20. The third kappa shape index (κ3) is 2.98. The number of hydrogen-bond donors (Lipinski definition) is 2. The molecule has 3 nitrogen and oxygen atoms in total. The van der Waals surface area contributed by atoms with Crippen LogP contribution in [0.5, 0.6) is 0 Å². The van der Waals surface area contributed by atoms with Crippen molar-refractivity contribution in [3.8, 4) is 0 Å². The number of rotatable bonds is 2. The van der Waals surface area contributed by atoms with E-state index in [0.29, 0.717) is 18.3 Å². The quantitative estimate of drug-likeness (QED) is 0.699. The summed E-state index contributed by atoms with van der Waals surface area (Å²) < 4.78 is 0. The molecule has 0 aliphatic carbocycles. The lowest BCUT2D eigenvalue weighted by Crippen LogP contribution is -2.44. The van der Waals surface area contributed by atoms with Crippen molar-refractivity contribution < 1.29 is 4.79 Å². The lowest BCUT2D eigenvalue weighted by Gasteiger charge is -2.40. The molecule has 1 fully saturated rings. The summed E-state index contributed by atoms with van der Waals surface area (Å²) in [6.45, 7) is 8.74. The van der Waals surface area contributed by atoms with Gasteiger partial charge in [-0.2, -0.15) is 0 Å². The summed E-state index contributed by atoms with van der Waals surface area (Å²) in [6.07, 6.45) is 1.62. The first-order chi connectivity index (χ1) is 6.41. The van der Waals surface area contributed by atoms with E-state index in [0.717, 1.165) is 19.5 Å². The second-order valence-electron chi connectivity index (χ2n) is 5.40. The Morgan fingerprint density at radius 3 is 2.64 bits per heavy atom. The summed E-state index contributed by atoms with van der Waals surface area (Å²) in [4.78, 5) is 10.9. The van der Waals surface area contributed by atoms with E-state index in [-0.39, 0.29) is 11.3 Å². The molecular formula is C11H22N2O. The molecule has 1 aliphatic rings. The first kappa shape index (κ1) is 11.5. The standard InChI is InChI=1S/C11H22N2O/c1-11(2,3)9-7-13-5-4-8(9)6-10(12)14/h8-9,13H,4-7H2,1-3H3,(H2,12,14)/t8-,9+/m0/s1. The minimum atomic E-state index is -0.161. The maximum absolute atomic E-state index is 10.9. The molecule has 1 amide bonds. The lowest BCUT2D eigenvalue weighted by molar-refractivity contribution is -0.119. The Labute approximate surface area is 86.4 Å². The summed E-state index contributed by atoms with van der Waals surface area (Å²) in [7, 11) is 0. The number of nitrogens with two attached hydrogens (primary N) is 1. The van der Waals surface area contributed by atoms with Crippen molar-refractivity contribution in [1.82, 2.24) is 5.32 Å². The predicted octanol–water partition coefficient (Wildman–Crippen LogP) is 1.13. The third-order valence-corrected chi connectivity index (χ3v) is 3.20. The molecule has 14 heavy (non-hydrogen) atoms. The van der Waals surface area contributed by atoms with E-state index >= 15 is 0 Å². The highest BCUT2D eigenvalue weighted by Crippen LogP contribution is 2.36. The number of primary amides is 1. The van der Waals surface area contributed by atoms with Crippen LogP contribution in [0.15, 0.2) is 0 Å². The Morgan fingerprint density at radius 2 is 2.14 bits per heavy atom. The van der Waals surface area contributed by atoms with Crippen molar-refractivity contribution in [1.29, 1.82) is 0 Å². The molecule has 1 aliphatic heterocycles. The van der Waals surface area contributed by atoms with Gasteiger partial charge in [-0.3, -0.25) is 4.79 Å². The van der Waals surface area contributed by atoms with Gasteiger partial charge in [-0.1, -0.05) is 20.8 Å². The highest BCUT2D eigenvalue weighted by Gasteiger charge is 2.34. The maximum Gasteiger partial charge on any atom is 0.217 e. The van der Waals surface area contributed by atoms with Crippen LogP contribution in [0.2, 0.25) is 0 Å². The number of piperidine rings is 1. The van der Waals surface area contributed by atoms with E-state index in [1.165, 1.54) is 0 Å². The van der Waals surface area contributed by atoms with E-state index in [2.05, 4.69) is 26.1 Å². The van der Waals surface area contributed by atoms with Crippen molar-refractivity contribution in [3.05, 3.63) is 0 Å². The first-order valence-electron chi connectivity index (χ1n) is 5.40. The Hall–Kier alpha value is -0.570. The molecule has 0 aromatic carbocycles. The highest BCUT2D eigenvalue weighted by atomic mass is 16.1. The SMILES string of the molecule is CC(C)(C)[C@@H]1CNCC[C@H]1CC(N)=O. The minimum absolute atomic E-state index is 0.161. The molecule has 1 heterocycles. The number of nitrogens with one attached hydrogen (secondary N) is 1. The second kappa shape index (κ2) is 4.30. The predicted molar refractivity (Wildman–Crippen MR) is 57.7 cm³/mol. The Kier molecular flexibility index (Phi) is 3.53. The van der Waals surface area contributed by atoms with Gasteiger partial charge in [0, 0.05) is 6.42 Å². The van der Waals surface area contributed by atoms with Crippen molar-refractivity contribution in [3.63, 3.8) is 0 Å². The number of amides is 1. The van der Waals surface area contributed by atoms with Gasteiger partial charge in [-0.25, -0.2) is 0 Å². The van der Waals surface area contributed by atoms with Gasteiger partial charge >= 0.3 is 0 Å². The zero-order valence-electron chi connectivity index (χ0n) is 9.47. The van der Waals surface area contributed by atoms with Crippen molar-refractivity contribution in [2.24, 2.45) is 23.0 Å². The summed E-state index contributed by atoms with van der Waals surface area (Å²) in [5, 5.41) is 3.39. The molecule has 0 spiro atoms. The van der Waals surface area contributed by atoms with Crippen LogP contribution in [-0.2, 0) is 4.79 Å². The average Bonchev–Trinajstić information content (AvgIpc) is 2.01. The molecule has 0 aromatic rings. The molecule has 82 valence electrons. The summed E-state index contributed by atoms with van der Waals surface area (Å²) in [5.74, 6) is 0.864. The topological polar surface area (TPSA) is 55.1 Å². The Morgan fingerprint density at radius 1 is 1.50 bits per heavy atom. The van der Waals surface area contributed by atoms with Crippen LogP contribution in [0.4, 0.5) is 0 Å². The van der Waals surface area contributed by atoms with E-state index in [9.17, 15) is 4.79 Å². The fourth-order valence-corrected chi connectivity index (χ4v) is 2.43. The van der Waals surface area contributed by atoms with E-state index < -0.39 is 0 Å². The van der Waals surface area contributed by atoms with Crippen molar-refractivity contribution in [2.45, 2.75) is 33.6 Å². The van der Waals surface area contributed by atoms with Crippen LogP contribution < -0.4 is 11.1 Å². The fourth-order valence-electron chi connectivity index (χ4n) is 2.43. The molecule has 2 atom stereocenters. The molecule has 0 saturated carbocycles. The van der Waals surface area contributed by atoms with Gasteiger partial charge in [-0.15, -0.1) is 0 Å². The van der Waals surface area contributed by atoms with Gasteiger partial charge in [0.15, 0.2) is 0 Å². The monoisotopic (exact) mass is 198 g/mol. The van der Waals surface area contributed by atoms with Crippen molar-refractivity contribution in [2.75, 3.05) is 13.1 Å². The maximum atomic E-state index is 10.9. The smallest absolute Gasteiger partial charge is 0.217 e. The van der Waals surface area contributed by atoms with Crippen LogP contribution in [0, 0.1) is 17.3 Å².